The zero-order valence-electron chi connectivity index (χ0n) is 14.8. The van der Waals surface area contributed by atoms with Gasteiger partial charge in [-0.15, -0.1) is 0 Å². The van der Waals surface area contributed by atoms with Gasteiger partial charge in [-0.2, -0.15) is 0 Å². The first-order chi connectivity index (χ1) is 11.0. The van der Waals surface area contributed by atoms with Gasteiger partial charge in [-0.05, 0) is 51.3 Å². The van der Waals surface area contributed by atoms with Crippen molar-refractivity contribution < 1.29 is 14.3 Å². The summed E-state index contributed by atoms with van der Waals surface area (Å²) < 4.78 is 5.76. The predicted octanol–water partition coefficient (Wildman–Crippen LogP) is 2.71. The Kier molecular flexibility index (Phi) is 6.25. The van der Waals surface area contributed by atoms with Crippen molar-refractivity contribution in [2.75, 3.05) is 13.1 Å². The topological polar surface area (TPSA) is 65.7 Å². The summed E-state index contributed by atoms with van der Waals surface area (Å²) in [5.41, 5.74) is 0.630. The quantitative estimate of drug-likeness (QED) is 0.772. The number of aliphatic hydroxyl groups is 1. The number of hydrogen-bond donors (Lipinski definition) is 2. The normalized spacial score (nSPS) is 22.0. The molecule has 0 radical (unpaired) electrons. The molecule has 1 aliphatic rings. The van der Waals surface area contributed by atoms with Crippen LogP contribution in [0.1, 0.15) is 61.9 Å². The van der Waals surface area contributed by atoms with E-state index in [0.717, 1.165) is 44.7 Å². The van der Waals surface area contributed by atoms with Crippen LogP contribution in [0.3, 0.4) is 0 Å². The van der Waals surface area contributed by atoms with Gasteiger partial charge in [0.15, 0.2) is 0 Å². The lowest BCUT2D eigenvalue weighted by atomic mass is 9.76. The molecular formula is C18H30N2O3. The van der Waals surface area contributed by atoms with Gasteiger partial charge in [0, 0.05) is 6.04 Å². The van der Waals surface area contributed by atoms with E-state index in [1.54, 1.807) is 0 Å². The molecule has 5 heteroatoms. The number of nitrogens with zero attached hydrogens (tertiary/aromatic N) is 1. The van der Waals surface area contributed by atoms with Gasteiger partial charge < -0.3 is 14.8 Å². The average molecular weight is 322 g/mol. The maximum Gasteiger partial charge on any atom is 0.255 e. The highest BCUT2D eigenvalue weighted by Gasteiger charge is 2.34. The first kappa shape index (κ1) is 18.0. The number of carbonyl (C=O) groups is 1. The third-order valence-corrected chi connectivity index (χ3v) is 4.96. The molecule has 0 aromatic carbocycles. The molecule has 1 heterocycles. The SMILES string of the molecule is CCC(NC(=O)c1cc(CN(CC)CC)oc1C)C1CC(O)C1. The fourth-order valence-corrected chi connectivity index (χ4v) is 3.27. The largest absolute Gasteiger partial charge is 0.464 e. The van der Waals surface area contributed by atoms with Crippen molar-refractivity contribution in [3.63, 3.8) is 0 Å². The standard InChI is InChI=1S/C18H30N2O3/c1-5-17(13-8-14(21)9-13)19-18(22)16-10-15(23-12(16)4)11-20(6-2)7-3/h10,13-14,17,21H,5-9,11H2,1-4H3,(H,19,22). The lowest BCUT2D eigenvalue weighted by molar-refractivity contribution is 0.0232. The second-order valence-electron chi connectivity index (χ2n) is 6.52. The number of carbonyl (C=O) groups excluding carboxylic acids is 1. The Balaban J connectivity index is 2.00. The molecule has 2 N–H and O–H groups in total. The Hall–Kier alpha value is -1.33. The molecule has 1 fully saturated rings. The molecule has 1 saturated carbocycles. The molecule has 0 saturated heterocycles. The van der Waals surface area contributed by atoms with Crippen LogP contribution in [-0.2, 0) is 6.54 Å². The molecule has 1 unspecified atom stereocenters. The van der Waals surface area contributed by atoms with Gasteiger partial charge in [0.25, 0.3) is 5.91 Å². The molecule has 5 nitrogen and oxygen atoms in total. The minimum atomic E-state index is -0.192. The number of rotatable bonds is 8. The number of amides is 1. The van der Waals surface area contributed by atoms with E-state index in [0.29, 0.717) is 17.2 Å². The van der Waals surface area contributed by atoms with Crippen molar-refractivity contribution in [2.45, 2.75) is 65.6 Å². The Morgan fingerprint density at radius 2 is 2.04 bits per heavy atom. The Labute approximate surface area is 139 Å². The van der Waals surface area contributed by atoms with Crippen LogP contribution >= 0.6 is 0 Å². The number of furan rings is 1. The van der Waals surface area contributed by atoms with Gasteiger partial charge >= 0.3 is 0 Å². The molecule has 1 aromatic rings. The van der Waals surface area contributed by atoms with Gasteiger partial charge in [-0.1, -0.05) is 20.8 Å². The molecule has 130 valence electrons. The van der Waals surface area contributed by atoms with E-state index >= 15 is 0 Å². The van der Waals surface area contributed by atoms with E-state index < -0.39 is 0 Å². The van der Waals surface area contributed by atoms with Crippen molar-refractivity contribution in [1.82, 2.24) is 10.2 Å². The summed E-state index contributed by atoms with van der Waals surface area (Å²) in [4.78, 5) is 14.8. The summed E-state index contributed by atoms with van der Waals surface area (Å²) in [6, 6.07) is 2.00. The maximum atomic E-state index is 12.6. The first-order valence-electron chi connectivity index (χ1n) is 8.78. The lowest BCUT2D eigenvalue weighted by Gasteiger charge is -2.37. The van der Waals surface area contributed by atoms with Crippen molar-refractivity contribution in [3.05, 3.63) is 23.2 Å². The van der Waals surface area contributed by atoms with E-state index in [2.05, 4.69) is 31.0 Å². The molecule has 1 atom stereocenters. The van der Waals surface area contributed by atoms with E-state index in [1.165, 1.54) is 0 Å². The summed E-state index contributed by atoms with van der Waals surface area (Å²) in [6.45, 7) is 10.8. The molecule has 1 aromatic heterocycles. The summed E-state index contributed by atoms with van der Waals surface area (Å²) in [5, 5.41) is 12.6. The number of hydrogen-bond acceptors (Lipinski definition) is 4. The Bertz CT molecular complexity index is 516. The Morgan fingerprint density at radius 1 is 1.39 bits per heavy atom. The fraction of sp³-hybridized carbons (Fsp3) is 0.722. The van der Waals surface area contributed by atoms with Gasteiger partial charge in [-0.25, -0.2) is 0 Å². The van der Waals surface area contributed by atoms with Crippen molar-refractivity contribution >= 4 is 5.91 Å². The summed E-state index contributed by atoms with van der Waals surface area (Å²) in [7, 11) is 0. The molecule has 2 rings (SSSR count). The second-order valence-corrected chi connectivity index (χ2v) is 6.52. The van der Waals surface area contributed by atoms with Gasteiger partial charge in [0.2, 0.25) is 0 Å². The maximum absolute atomic E-state index is 12.6. The molecule has 1 amide bonds. The highest BCUT2D eigenvalue weighted by Crippen LogP contribution is 2.31. The smallest absolute Gasteiger partial charge is 0.255 e. The van der Waals surface area contributed by atoms with Crippen LogP contribution in [0.5, 0.6) is 0 Å². The van der Waals surface area contributed by atoms with Crippen LogP contribution in [0.15, 0.2) is 10.5 Å². The predicted molar refractivity (Wildman–Crippen MR) is 90.3 cm³/mol. The van der Waals surface area contributed by atoms with Crippen LogP contribution < -0.4 is 5.32 Å². The molecule has 0 spiro atoms. The van der Waals surface area contributed by atoms with Crippen LogP contribution in [-0.4, -0.2) is 41.1 Å². The van der Waals surface area contributed by atoms with Crippen LogP contribution in [0.4, 0.5) is 0 Å². The van der Waals surface area contributed by atoms with Crippen molar-refractivity contribution in [2.24, 2.45) is 5.92 Å². The lowest BCUT2D eigenvalue weighted by Crippen LogP contribution is -2.46. The van der Waals surface area contributed by atoms with Crippen molar-refractivity contribution in [1.29, 1.82) is 0 Å². The molecule has 1 aliphatic carbocycles. The van der Waals surface area contributed by atoms with Crippen LogP contribution in [0.25, 0.3) is 0 Å². The Morgan fingerprint density at radius 3 is 2.57 bits per heavy atom. The van der Waals surface area contributed by atoms with Gasteiger partial charge in [0.1, 0.15) is 11.5 Å². The third-order valence-electron chi connectivity index (χ3n) is 4.96. The van der Waals surface area contributed by atoms with Crippen molar-refractivity contribution in [3.8, 4) is 0 Å². The average Bonchev–Trinajstić information content (AvgIpc) is 2.88. The van der Waals surface area contributed by atoms with E-state index in [9.17, 15) is 9.90 Å². The number of aliphatic hydroxyl groups excluding tert-OH is 1. The molecule has 23 heavy (non-hydrogen) atoms. The van der Waals surface area contributed by atoms with E-state index in [-0.39, 0.29) is 18.1 Å². The first-order valence-corrected chi connectivity index (χ1v) is 8.78. The van der Waals surface area contributed by atoms with Gasteiger partial charge in [-0.3, -0.25) is 9.69 Å². The molecule has 0 aliphatic heterocycles. The van der Waals surface area contributed by atoms with Crippen LogP contribution in [0.2, 0.25) is 0 Å². The summed E-state index contributed by atoms with van der Waals surface area (Å²) >= 11 is 0. The zero-order valence-corrected chi connectivity index (χ0v) is 14.8. The fourth-order valence-electron chi connectivity index (χ4n) is 3.27. The van der Waals surface area contributed by atoms with E-state index in [4.69, 9.17) is 4.42 Å². The highest BCUT2D eigenvalue weighted by molar-refractivity contribution is 5.95. The summed E-state index contributed by atoms with van der Waals surface area (Å²) in [6.07, 6.45) is 2.27. The van der Waals surface area contributed by atoms with E-state index in [1.807, 2.05) is 13.0 Å². The van der Waals surface area contributed by atoms with Gasteiger partial charge in [0.05, 0.1) is 18.2 Å². The highest BCUT2D eigenvalue weighted by atomic mass is 16.3. The zero-order chi connectivity index (χ0) is 17.0. The number of nitrogens with one attached hydrogen (secondary N) is 1. The molecule has 0 bridgehead atoms. The minimum Gasteiger partial charge on any atom is -0.464 e. The third kappa shape index (κ3) is 4.36. The summed E-state index contributed by atoms with van der Waals surface area (Å²) in [5.74, 6) is 1.84. The second kappa shape index (κ2) is 7.97. The number of aryl methyl sites for hydroxylation is 1. The minimum absolute atomic E-state index is 0.0645. The monoisotopic (exact) mass is 322 g/mol. The van der Waals surface area contributed by atoms with Crippen LogP contribution in [0, 0.1) is 12.8 Å². The molecular weight excluding hydrogens is 292 g/mol.